The second-order valence-electron chi connectivity index (χ2n) is 4.98. The van der Waals surface area contributed by atoms with E-state index >= 15 is 0 Å². The van der Waals surface area contributed by atoms with Gasteiger partial charge in [-0.2, -0.15) is 0 Å². The van der Waals surface area contributed by atoms with Crippen LogP contribution in [0.1, 0.15) is 23.6 Å². The third kappa shape index (κ3) is 3.07. The van der Waals surface area contributed by atoms with Gasteiger partial charge in [0, 0.05) is 25.7 Å². The maximum Gasteiger partial charge on any atom is 0.137 e. The number of nitrogens with zero attached hydrogens (tertiary/aromatic N) is 3. The Kier molecular flexibility index (Phi) is 4.56. The molecule has 0 radical (unpaired) electrons. The Morgan fingerprint density at radius 2 is 1.90 bits per heavy atom. The van der Waals surface area contributed by atoms with Crippen molar-refractivity contribution >= 4 is 11.6 Å². The van der Waals surface area contributed by atoms with Gasteiger partial charge in [-0.25, -0.2) is 9.97 Å². The van der Waals surface area contributed by atoms with Gasteiger partial charge in [-0.3, -0.25) is 0 Å². The van der Waals surface area contributed by atoms with E-state index in [1.54, 1.807) is 6.33 Å². The predicted octanol–water partition coefficient (Wildman–Crippen LogP) is 3.16. The summed E-state index contributed by atoms with van der Waals surface area (Å²) >= 11 is 0. The molecule has 0 saturated heterocycles. The van der Waals surface area contributed by atoms with Gasteiger partial charge in [0.2, 0.25) is 0 Å². The maximum absolute atomic E-state index is 4.42. The van der Waals surface area contributed by atoms with Crippen LogP contribution in [0.5, 0.6) is 0 Å². The van der Waals surface area contributed by atoms with Crippen LogP contribution >= 0.6 is 0 Å². The van der Waals surface area contributed by atoms with Crippen molar-refractivity contribution in [1.82, 2.24) is 9.97 Å². The van der Waals surface area contributed by atoms with Gasteiger partial charge < -0.3 is 10.2 Å². The molecule has 20 heavy (non-hydrogen) atoms. The van der Waals surface area contributed by atoms with E-state index in [-0.39, 0.29) is 0 Å². The normalized spacial score (nSPS) is 10.4. The van der Waals surface area contributed by atoms with Crippen molar-refractivity contribution in [2.75, 3.05) is 23.8 Å². The first-order valence-corrected chi connectivity index (χ1v) is 6.94. The fraction of sp³-hybridized carbons (Fsp3) is 0.375. The molecule has 0 unspecified atom stereocenters. The Balaban J connectivity index is 2.23. The fourth-order valence-corrected chi connectivity index (χ4v) is 2.29. The zero-order chi connectivity index (χ0) is 14.5. The van der Waals surface area contributed by atoms with E-state index in [0.717, 1.165) is 30.3 Å². The van der Waals surface area contributed by atoms with Gasteiger partial charge in [-0.05, 0) is 31.9 Å². The van der Waals surface area contributed by atoms with Crippen molar-refractivity contribution in [1.29, 1.82) is 0 Å². The first kappa shape index (κ1) is 14.3. The topological polar surface area (TPSA) is 41.1 Å². The first-order valence-electron chi connectivity index (χ1n) is 6.94. The Bertz CT molecular complexity index is 580. The largest absolute Gasteiger partial charge is 0.370 e. The lowest BCUT2D eigenvalue weighted by molar-refractivity contribution is 0.875. The highest BCUT2D eigenvalue weighted by Crippen LogP contribution is 2.23. The summed E-state index contributed by atoms with van der Waals surface area (Å²) in [5, 5.41) is 3.27. The van der Waals surface area contributed by atoms with Gasteiger partial charge in [0.25, 0.3) is 0 Å². The number of rotatable bonds is 5. The van der Waals surface area contributed by atoms with Gasteiger partial charge in [0.05, 0.1) is 0 Å². The molecule has 0 saturated carbocycles. The molecule has 1 heterocycles. The Morgan fingerprint density at radius 1 is 1.15 bits per heavy atom. The minimum atomic E-state index is 0.843. The van der Waals surface area contributed by atoms with Crippen molar-refractivity contribution < 1.29 is 0 Å². The quantitative estimate of drug-likeness (QED) is 0.906. The lowest BCUT2D eigenvalue weighted by atomic mass is 10.1. The summed E-state index contributed by atoms with van der Waals surface area (Å²) in [6, 6.07) is 8.44. The van der Waals surface area contributed by atoms with E-state index in [1.165, 1.54) is 11.1 Å². The zero-order valence-electron chi connectivity index (χ0n) is 12.6. The summed E-state index contributed by atoms with van der Waals surface area (Å²) in [5.41, 5.74) is 3.71. The van der Waals surface area contributed by atoms with Crippen molar-refractivity contribution in [3.05, 3.63) is 47.3 Å². The molecule has 0 fully saturated rings. The highest BCUT2D eigenvalue weighted by Gasteiger charge is 2.11. The molecule has 0 aliphatic heterocycles. The van der Waals surface area contributed by atoms with Crippen molar-refractivity contribution in [3.8, 4) is 0 Å². The van der Waals surface area contributed by atoms with Gasteiger partial charge in [0.15, 0.2) is 0 Å². The van der Waals surface area contributed by atoms with Crippen LogP contribution < -0.4 is 10.2 Å². The molecule has 106 valence electrons. The number of anilines is 2. The summed E-state index contributed by atoms with van der Waals surface area (Å²) < 4.78 is 0. The molecule has 1 N–H and O–H groups in total. The van der Waals surface area contributed by atoms with Gasteiger partial charge in [0.1, 0.15) is 18.0 Å². The predicted molar refractivity (Wildman–Crippen MR) is 84.2 cm³/mol. The Morgan fingerprint density at radius 3 is 2.60 bits per heavy atom. The average Bonchev–Trinajstić information content (AvgIpc) is 2.44. The molecule has 4 nitrogen and oxygen atoms in total. The summed E-state index contributed by atoms with van der Waals surface area (Å²) in [6.45, 7) is 7.97. The standard InChI is InChI=1S/C16H22N4/c1-5-17-15-13(3)16(19-11-18-15)20(4)10-14-9-7-6-8-12(14)2/h6-9,11H,5,10H2,1-4H3,(H,17,18,19). The monoisotopic (exact) mass is 270 g/mol. The number of hydrogen-bond donors (Lipinski definition) is 1. The Hall–Kier alpha value is -2.10. The lowest BCUT2D eigenvalue weighted by Gasteiger charge is -2.22. The van der Waals surface area contributed by atoms with E-state index < -0.39 is 0 Å². The molecule has 0 atom stereocenters. The molecular weight excluding hydrogens is 248 g/mol. The second-order valence-corrected chi connectivity index (χ2v) is 4.98. The zero-order valence-corrected chi connectivity index (χ0v) is 12.6. The second kappa shape index (κ2) is 6.37. The van der Waals surface area contributed by atoms with E-state index in [1.807, 2.05) is 0 Å². The van der Waals surface area contributed by atoms with Crippen molar-refractivity contribution in [2.24, 2.45) is 0 Å². The van der Waals surface area contributed by atoms with Crippen molar-refractivity contribution in [2.45, 2.75) is 27.3 Å². The minimum Gasteiger partial charge on any atom is -0.370 e. The van der Waals surface area contributed by atoms with Crippen molar-refractivity contribution in [3.63, 3.8) is 0 Å². The molecular formula is C16H22N4. The molecule has 0 aliphatic carbocycles. The minimum absolute atomic E-state index is 0.843. The molecule has 2 rings (SSSR count). The number of benzene rings is 1. The van der Waals surface area contributed by atoms with Crippen LogP contribution in [0.4, 0.5) is 11.6 Å². The SMILES string of the molecule is CCNc1ncnc(N(C)Cc2ccccc2C)c1C. The molecule has 2 aromatic rings. The van der Waals surface area contributed by atoms with Crippen LogP contribution in [-0.2, 0) is 6.54 Å². The van der Waals surface area contributed by atoms with E-state index in [9.17, 15) is 0 Å². The van der Waals surface area contributed by atoms with Crippen LogP contribution in [0.3, 0.4) is 0 Å². The van der Waals surface area contributed by atoms with Gasteiger partial charge in [-0.15, -0.1) is 0 Å². The van der Waals surface area contributed by atoms with E-state index in [0.29, 0.717) is 0 Å². The fourth-order valence-electron chi connectivity index (χ4n) is 2.29. The van der Waals surface area contributed by atoms with Crippen LogP contribution in [0.2, 0.25) is 0 Å². The average molecular weight is 270 g/mol. The molecule has 0 spiro atoms. The number of hydrogen-bond acceptors (Lipinski definition) is 4. The lowest BCUT2D eigenvalue weighted by Crippen LogP contribution is -2.20. The third-order valence-electron chi connectivity index (χ3n) is 3.43. The summed E-state index contributed by atoms with van der Waals surface area (Å²) in [4.78, 5) is 10.9. The molecule has 0 amide bonds. The maximum atomic E-state index is 4.42. The molecule has 1 aromatic heterocycles. The summed E-state index contributed by atoms with van der Waals surface area (Å²) in [6.07, 6.45) is 1.62. The van der Waals surface area contributed by atoms with Crippen LogP contribution in [0, 0.1) is 13.8 Å². The van der Waals surface area contributed by atoms with Gasteiger partial charge in [-0.1, -0.05) is 24.3 Å². The number of aromatic nitrogens is 2. The molecule has 0 bridgehead atoms. The number of aryl methyl sites for hydroxylation is 1. The van der Waals surface area contributed by atoms with Crippen LogP contribution in [-0.4, -0.2) is 23.6 Å². The van der Waals surface area contributed by atoms with E-state index in [4.69, 9.17) is 0 Å². The summed E-state index contributed by atoms with van der Waals surface area (Å²) in [5.74, 6) is 1.88. The highest BCUT2D eigenvalue weighted by atomic mass is 15.2. The van der Waals surface area contributed by atoms with Gasteiger partial charge >= 0.3 is 0 Å². The third-order valence-corrected chi connectivity index (χ3v) is 3.43. The number of nitrogens with one attached hydrogen (secondary N) is 1. The Labute approximate surface area is 120 Å². The summed E-state index contributed by atoms with van der Waals surface area (Å²) in [7, 11) is 2.07. The van der Waals surface area contributed by atoms with Crippen LogP contribution in [0.25, 0.3) is 0 Å². The highest BCUT2D eigenvalue weighted by molar-refractivity contribution is 5.57. The van der Waals surface area contributed by atoms with Crippen LogP contribution in [0.15, 0.2) is 30.6 Å². The molecule has 1 aromatic carbocycles. The smallest absolute Gasteiger partial charge is 0.137 e. The first-order chi connectivity index (χ1) is 9.63. The molecule has 4 heteroatoms. The molecule has 0 aliphatic rings. The van der Waals surface area contributed by atoms with E-state index in [2.05, 4.69) is 72.3 Å².